The lowest BCUT2D eigenvalue weighted by atomic mass is 10.3. The third-order valence-electron chi connectivity index (χ3n) is 2.68. The second-order valence-corrected chi connectivity index (χ2v) is 4.57. The van der Waals surface area contributed by atoms with Crippen LogP contribution in [0.5, 0.6) is 11.5 Å². The van der Waals surface area contributed by atoms with Crippen molar-refractivity contribution in [1.29, 1.82) is 0 Å². The maximum absolute atomic E-state index is 11.0. The summed E-state index contributed by atoms with van der Waals surface area (Å²) in [6.07, 6.45) is 1.01. The lowest BCUT2D eigenvalue weighted by Gasteiger charge is -2.12. The molecule has 0 aliphatic rings. The summed E-state index contributed by atoms with van der Waals surface area (Å²) < 4.78 is 14.9. The number of benzene rings is 1. The van der Waals surface area contributed by atoms with Crippen LogP contribution in [0.15, 0.2) is 18.2 Å². The number of thiocarbonyl (C=S) groups is 1. The molecule has 0 saturated carbocycles. The van der Waals surface area contributed by atoms with Crippen LogP contribution in [0.2, 0.25) is 0 Å². The molecule has 21 heavy (non-hydrogen) atoms. The van der Waals surface area contributed by atoms with Gasteiger partial charge < -0.3 is 24.8 Å². The number of rotatable bonds is 7. The van der Waals surface area contributed by atoms with Gasteiger partial charge >= 0.3 is 5.97 Å². The summed E-state index contributed by atoms with van der Waals surface area (Å²) in [5.41, 5.74) is 0.761. The molecule has 1 aromatic carbocycles. The monoisotopic (exact) mass is 312 g/mol. The maximum Gasteiger partial charge on any atom is 0.305 e. The number of ether oxygens (including phenoxy) is 3. The largest absolute Gasteiger partial charge is 0.497 e. The molecule has 0 aromatic heterocycles. The number of nitrogens with one attached hydrogen (secondary N) is 2. The molecule has 1 aromatic rings. The van der Waals surface area contributed by atoms with E-state index in [0.29, 0.717) is 36.0 Å². The Morgan fingerprint density at radius 1 is 1.14 bits per heavy atom. The highest BCUT2D eigenvalue weighted by Crippen LogP contribution is 2.25. The van der Waals surface area contributed by atoms with Crippen LogP contribution in [0.3, 0.4) is 0 Å². The van der Waals surface area contributed by atoms with Gasteiger partial charge in [-0.05, 0) is 18.6 Å². The molecule has 0 spiro atoms. The van der Waals surface area contributed by atoms with E-state index in [-0.39, 0.29) is 5.97 Å². The molecule has 7 heteroatoms. The van der Waals surface area contributed by atoms with Crippen molar-refractivity contribution in [2.75, 3.05) is 33.2 Å². The van der Waals surface area contributed by atoms with E-state index in [1.54, 1.807) is 20.3 Å². The average molecular weight is 312 g/mol. The summed E-state index contributed by atoms with van der Waals surface area (Å²) in [5, 5.41) is 6.52. The van der Waals surface area contributed by atoms with E-state index in [0.717, 1.165) is 5.69 Å². The number of esters is 1. The van der Waals surface area contributed by atoms with E-state index in [2.05, 4.69) is 15.4 Å². The van der Waals surface area contributed by atoms with Gasteiger partial charge in [0.15, 0.2) is 5.11 Å². The SMILES string of the molecule is COC(=O)CCCNC(=S)Nc1cc(OC)cc(OC)c1. The van der Waals surface area contributed by atoms with Crippen LogP contribution in [0.25, 0.3) is 0 Å². The number of methoxy groups -OCH3 is 3. The lowest BCUT2D eigenvalue weighted by molar-refractivity contribution is -0.140. The van der Waals surface area contributed by atoms with Crippen molar-refractivity contribution in [2.45, 2.75) is 12.8 Å². The zero-order valence-electron chi connectivity index (χ0n) is 12.4. The summed E-state index contributed by atoms with van der Waals surface area (Å²) in [6, 6.07) is 5.40. The summed E-state index contributed by atoms with van der Waals surface area (Å²) in [7, 11) is 4.54. The van der Waals surface area contributed by atoms with Crippen molar-refractivity contribution < 1.29 is 19.0 Å². The topological polar surface area (TPSA) is 68.8 Å². The Kier molecular flexibility index (Phi) is 7.31. The fraction of sp³-hybridized carbons (Fsp3) is 0.429. The van der Waals surface area contributed by atoms with E-state index in [1.165, 1.54) is 7.11 Å². The van der Waals surface area contributed by atoms with Crippen LogP contribution in [-0.4, -0.2) is 39.0 Å². The molecule has 0 aliphatic carbocycles. The Morgan fingerprint density at radius 3 is 2.29 bits per heavy atom. The molecule has 1 rings (SSSR count). The molecule has 0 bridgehead atoms. The van der Waals surface area contributed by atoms with Crippen molar-refractivity contribution in [3.05, 3.63) is 18.2 Å². The zero-order chi connectivity index (χ0) is 15.7. The normalized spacial score (nSPS) is 9.67. The zero-order valence-corrected chi connectivity index (χ0v) is 13.2. The summed E-state index contributed by atoms with van der Waals surface area (Å²) >= 11 is 5.18. The average Bonchev–Trinajstić information content (AvgIpc) is 2.50. The third-order valence-corrected chi connectivity index (χ3v) is 2.93. The standard InChI is InChI=1S/C14H20N2O4S/c1-18-11-7-10(8-12(9-11)19-2)16-14(21)15-6-4-5-13(17)20-3/h7-9H,4-6H2,1-3H3,(H2,15,16,21). The Morgan fingerprint density at radius 2 is 1.76 bits per heavy atom. The molecular weight excluding hydrogens is 292 g/mol. The molecule has 0 unspecified atom stereocenters. The van der Waals surface area contributed by atoms with Crippen LogP contribution < -0.4 is 20.1 Å². The molecule has 0 atom stereocenters. The minimum Gasteiger partial charge on any atom is -0.497 e. The fourth-order valence-electron chi connectivity index (χ4n) is 1.59. The van der Waals surface area contributed by atoms with E-state index in [4.69, 9.17) is 21.7 Å². The molecule has 0 heterocycles. The molecule has 0 aliphatic heterocycles. The highest BCUT2D eigenvalue weighted by Gasteiger charge is 2.04. The first kappa shape index (κ1) is 17.0. The van der Waals surface area contributed by atoms with Crippen molar-refractivity contribution in [2.24, 2.45) is 0 Å². The van der Waals surface area contributed by atoms with E-state index in [1.807, 2.05) is 12.1 Å². The van der Waals surface area contributed by atoms with Gasteiger partial charge in [0.2, 0.25) is 0 Å². The van der Waals surface area contributed by atoms with Crippen molar-refractivity contribution >= 4 is 29.0 Å². The highest BCUT2D eigenvalue weighted by molar-refractivity contribution is 7.80. The minimum absolute atomic E-state index is 0.229. The second kappa shape index (κ2) is 9.02. The van der Waals surface area contributed by atoms with Crippen molar-refractivity contribution in [1.82, 2.24) is 5.32 Å². The van der Waals surface area contributed by atoms with Gasteiger partial charge in [0.25, 0.3) is 0 Å². The maximum atomic E-state index is 11.0. The molecule has 0 fully saturated rings. The molecule has 2 N–H and O–H groups in total. The first-order valence-corrected chi connectivity index (χ1v) is 6.84. The molecule has 6 nitrogen and oxygen atoms in total. The Hall–Kier alpha value is -2.02. The van der Waals surface area contributed by atoms with Crippen LogP contribution in [0.1, 0.15) is 12.8 Å². The number of carbonyl (C=O) groups excluding carboxylic acids is 1. The second-order valence-electron chi connectivity index (χ2n) is 4.16. The van der Waals surface area contributed by atoms with E-state index in [9.17, 15) is 4.79 Å². The molecule has 0 amide bonds. The smallest absolute Gasteiger partial charge is 0.305 e. The van der Waals surface area contributed by atoms with Gasteiger partial charge in [-0.2, -0.15) is 0 Å². The predicted octanol–water partition coefficient (Wildman–Crippen LogP) is 1.94. The fourth-order valence-corrected chi connectivity index (χ4v) is 1.81. The van der Waals surface area contributed by atoms with Gasteiger partial charge in [-0.1, -0.05) is 0 Å². The van der Waals surface area contributed by atoms with Crippen LogP contribution >= 0.6 is 12.2 Å². The number of hydrogen-bond acceptors (Lipinski definition) is 5. The van der Waals surface area contributed by atoms with Gasteiger partial charge in [0, 0.05) is 36.9 Å². The van der Waals surface area contributed by atoms with Crippen molar-refractivity contribution in [3.8, 4) is 11.5 Å². The quantitative estimate of drug-likeness (QED) is 0.453. The highest BCUT2D eigenvalue weighted by atomic mass is 32.1. The van der Waals surface area contributed by atoms with Gasteiger partial charge in [-0.15, -0.1) is 0 Å². The lowest BCUT2D eigenvalue weighted by Crippen LogP contribution is -2.29. The minimum atomic E-state index is -0.229. The first-order chi connectivity index (χ1) is 10.1. The molecular formula is C14H20N2O4S. The number of anilines is 1. The van der Waals surface area contributed by atoms with Crippen LogP contribution in [0.4, 0.5) is 5.69 Å². The van der Waals surface area contributed by atoms with E-state index < -0.39 is 0 Å². The Labute approximate surface area is 129 Å². The van der Waals surface area contributed by atoms with Crippen LogP contribution in [-0.2, 0) is 9.53 Å². The Bertz CT molecular complexity index is 472. The summed E-state index contributed by atoms with van der Waals surface area (Å²) in [6.45, 7) is 0.585. The third kappa shape index (κ3) is 6.31. The van der Waals surface area contributed by atoms with Crippen LogP contribution in [0, 0.1) is 0 Å². The van der Waals surface area contributed by atoms with Gasteiger partial charge in [-0.3, -0.25) is 4.79 Å². The summed E-state index contributed by atoms with van der Waals surface area (Å²) in [4.78, 5) is 11.0. The molecule has 116 valence electrons. The first-order valence-electron chi connectivity index (χ1n) is 6.43. The van der Waals surface area contributed by atoms with Gasteiger partial charge in [-0.25, -0.2) is 0 Å². The summed E-state index contributed by atoms with van der Waals surface area (Å²) in [5.74, 6) is 1.11. The van der Waals surface area contributed by atoms with Gasteiger partial charge in [0.1, 0.15) is 11.5 Å². The molecule has 0 saturated heterocycles. The van der Waals surface area contributed by atoms with Gasteiger partial charge in [0.05, 0.1) is 21.3 Å². The van der Waals surface area contributed by atoms with Crippen molar-refractivity contribution in [3.63, 3.8) is 0 Å². The predicted molar refractivity (Wildman–Crippen MR) is 85.0 cm³/mol. The van der Waals surface area contributed by atoms with E-state index >= 15 is 0 Å². The number of carbonyl (C=O) groups is 1. The Balaban J connectivity index is 2.45. The number of hydrogen-bond donors (Lipinski definition) is 2. The molecule has 0 radical (unpaired) electrons.